The molecule has 1 unspecified atom stereocenters. The van der Waals surface area contributed by atoms with E-state index in [-0.39, 0.29) is 47.0 Å². The van der Waals surface area contributed by atoms with Gasteiger partial charge in [0, 0.05) is 35.2 Å². The van der Waals surface area contributed by atoms with Crippen LogP contribution in [0.25, 0.3) is 22.2 Å². The van der Waals surface area contributed by atoms with Crippen molar-refractivity contribution in [2.45, 2.75) is 31.4 Å². The molecule has 9 nitrogen and oxygen atoms in total. The Hall–Kier alpha value is -4.88. The molecule has 0 saturated heterocycles. The predicted molar refractivity (Wildman–Crippen MR) is 153 cm³/mol. The highest BCUT2D eigenvalue weighted by Crippen LogP contribution is 2.47. The van der Waals surface area contributed by atoms with Crippen molar-refractivity contribution in [3.05, 3.63) is 76.9 Å². The normalized spacial score (nSPS) is 16.5. The van der Waals surface area contributed by atoms with Gasteiger partial charge in [-0.2, -0.15) is 18.3 Å². The third-order valence-corrected chi connectivity index (χ3v) is 7.57. The smallest absolute Gasteiger partial charge is 0.398 e. The molecule has 0 radical (unpaired) electrons. The molecule has 236 valence electrons. The van der Waals surface area contributed by atoms with Gasteiger partial charge in [0.25, 0.3) is 5.91 Å². The Morgan fingerprint density at radius 2 is 1.82 bits per heavy atom. The topological polar surface area (TPSA) is 115 Å². The van der Waals surface area contributed by atoms with Gasteiger partial charge >= 0.3 is 6.18 Å². The molecule has 0 spiro atoms. The maximum atomic E-state index is 14.7. The first-order valence-corrected chi connectivity index (χ1v) is 13.8. The van der Waals surface area contributed by atoms with Crippen LogP contribution in [0.1, 0.15) is 40.2 Å². The van der Waals surface area contributed by atoms with Gasteiger partial charge in [0.05, 0.1) is 18.5 Å². The van der Waals surface area contributed by atoms with Crippen molar-refractivity contribution in [1.29, 1.82) is 0 Å². The molecular formula is C31H28F5N5O4. The maximum absolute atomic E-state index is 14.7. The molecule has 1 aliphatic heterocycles. The summed E-state index contributed by atoms with van der Waals surface area (Å²) in [5, 5.41) is 13.3. The number of aryl methyl sites for hydroxylation is 1. The minimum atomic E-state index is -4.89. The van der Waals surface area contributed by atoms with Gasteiger partial charge in [-0.05, 0) is 62.4 Å². The number of pyridine rings is 1. The quantitative estimate of drug-likeness (QED) is 0.252. The SMILES string of the molecule is COc1cc(C(=O)NCC(c2cc3c(c(-c4ccc(F)cc4)n2)OC[C@]3(C)C(=O)NCCF)C(F)(F)F)cc2cc(C)nnc12. The number of fused-ring (bicyclic) bond motifs is 2. The fraction of sp³-hybridized carbons (Fsp3) is 0.323. The van der Waals surface area contributed by atoms with E-state index in [4.69, 9.17) is 9.47 Å². The van der Waals surface area contributed by atoms with E-state index in [9.17, 15) is 31.5 Å². The van der Waals surface area contributed by atoms with Crippen LogP contribution in [0, 0.1) is 12.7 Å². The van der Waals surface area contributed by atoms with Crippen LogP contribution in [-0.4, -0.2) is 66.7 Å². The van der Waals surface area contributed by atoms with Gasteiger partial charge in [0.2, 0.25) is 5.91 Å². The Labute approximate surface area is 254 Å². The van der Waals surface area contributed by atoms with E-state index in [1.165, 1.54) is 38.3 Å². The van der Waals surface area contributed by atoms with Crippen LogP contribution < -0.4 is 20.1 Å². The fourth-order valence-electron chi connectivity index (χ4n) is 5.13. The number of amides is 2. The zero-order valence-electron chi connectivity index (χ0n) is 24.4. The molecule has 2 N–H and O–H groups in total. The molecular weight excluding hydrogens is 601 g/mol. The number of nitrogens with one attached hydrogen (secondary N) is 2. The third-order valence-electron chi connectivity index (χ3n) is 7.57. The first-order chi connectivity index (χ1) is 21.3. The average Bonchev–Trinajstić information content (AvgIpc) is 3.35. The van der Waals surface area contributed by atoms with Crippen molar-refractivity contribution in [2.75, 3.05) is 33.5 Å². The van der Waals surface area contributed by atoms with Gasteiger partial charge in [-0.3, -0.25) is 9.59 Å². The molecule has 3 heterocycles. The van der Waals surface area contributed by atoms with Crippen LogP contribution in [0.5, 0.6) is 11.5 Å². The number of alkyl halides is 4. The Morgan fingerprint density at radius 1 is 1.09 bits per heavy atom. The molecule has 0 aliphatic carbocycles. The molecule has 45 heavy (non-hydrogen) atoms. The summed E-state index contributed by atoms with van der Waals surface area (Å²) in [5.41, 5.74) is -0.712. The minimum absolute atomic E-state index is 0.0343. The van der Waals surface area contributed by atoms with Crippen molar-refractivity contribution < 1.29 is 41.0 Å². The first kappa shape index (κ1) is 31.5. The second-order valence-electron chi connectivity index (χ2n) is 10.8. The number of hydrogen-bond acceptors (Lipinski definition) is 7. The van der Waals surface area contributed by atoms with Crippen molar-refractivity contribution in [3.63, 3.8) is 0 Å². The van der Waals surface area contributed by atoms with Gasteiger partial charge in [-0.15, -0.1) is 5.10 Å². The highest BCUT2D eigenvalue weighted by molar-refractivity contribution is 6.00. The van der Waals surface area contributed by atoms with E-state index >= 15 is 0 Å². The van der Waals surface area contributed by atoms with Crippen LogP contribution in [0.4, 0.5) is 22.0 Å². The summed E-state index contributed by atoms with van der Waals surface area (Å²) >= 11 is 0. The minimum Gasteiger partial charge on any atom is -0.494 e. The summed E-state index contributed by atoms with van der Waals surface area (Å²) in [4.78, 5) is 30.5. The maximum Gasteiger partial charge on any atom is 0.398 e. The first-order valence-electron chi connectivity index (χ1n) is 13.8. The molecule has 4 aromatic rings. The number of hydrogen-bond donors (Lipinski definition) is 2. The van der Waals surface area contributed by atoms with Crippen LogP contribution in [0.3, 0.4) is 0 Å². The van der Waals surface area contributed by atoms with Gasteiger partial charge < -0.3 is 20.1 Å². The number of rotatable bonds is 9. The van der Waals surface area contributed by atoms with Crippen LogP contribution >= 0.6 is 0 Å². The monoisotopic (exact) mass is 629 g/mol. The zero-order valence-corrected chi connectivity index (χ0v) is 24.4. The molecule has 2 aromatic heterocycles. The van der Waals surface area contributed by atoms with E-state index in [2.05, 4.69) is 25.8 Å². The lowest BCUT2D eigenvalue weighted by molar-refractivity contribution is -0.149. The van der Waals surface area contributed by atoms with Crippen LogP contribution in [0.2, 0.25) is 0 Å². The number of benzene rings is 2. The molecule has 0 fully saturated rings. The standard InChI is InChI=1S/C31H28F5N5O4/c1-16-10-18-11-19(12-24(44-3)25(18)41-40-16)28(42)38-14-22(31(34,35)36)23-13-21-27(26(39-23)17-4-6-20(33)7-5-17)45-15-30(21,2)29(43)37-9-8-32/h4-7,10-13,22H,8-9,14-15H2,1-3H3,(H,37,43)(H,38,42)/t22?,30-/m0/s1. The lowest BCUT2D eigenvalue weighted by atomic mass is 9.82. The Morgan fingerprint density at radius 3 is 2.49 bits per heavy atom. The number of aromatic nitrogens is 3. The van der Waals surface area contributed by atoms with Crippen molar-refractivity contribution in [2.24, 2.45) is 0 Å². The number of carbonyl (C=O) groups is 2. The van der Waals surface area contributed by atoms with Crippen molar-refractivity contribution in [3.8, 4) is 22.8 Å². The van der Waals surface area contributed by atoms with E-state index in [1.807, 2.05) is 0 Å². The molecule has 0 saturated carbocycles. The molecule has 2 aromatic carbocycles. The fourth-order valence-corrected chi connectivity index (χ4v) is 5.13. The zero-order chi connectivity index (χ0) is 32.5. The average molecular weight is 630 g/mol. The molecule has 2 atom stereocenters. The van der Waals surface area contributed by atoms with Gasteiger partial charge in [0.1, 0.15) is 53.1 Å². The summed E-state index contributed by atoms with van der Waals surface area (Å²) < 4.78 is 81.6. The molecule has 2 amide bonds. The highest BCUT2D eigenvalue weighted by Gasteiger charge is 2.48. The Balaban J connectivity index is 1.55. The van der Waals surface area contributed by atoms with E-state index in [0.29, 0.717) is 16.6 Å². The summed E-state index contributed by atoms with van der Waals surface area (Å²) in [5.74, 6) is -4.09. The lowest BCUT2D eigenvalue weighted by Gasteiger charge is -2.25. The van der Waals surface area contributed by atoms with Crippen LogP contribution in [-0.2, 0) is 10.2 Å². The molecule has 5 rings (SSSR count). The summed E-state index contributed by atoms with van der Waals surface area (Å²) in [6, 6.07) is 10.5. The number of methoxy groups -OCH3 is 1. The van der Waals surface area contributed by atoms with E-state index in [1.54, 1.807) is 13.0 Å². The largest absolute Gasteiger partial charge is 0.494 e. The van der Waals surface area contributed by atoms with Gasteiger partial charge in [-0.1, -0.05) is 0 Å². The van der Waals surface area contributed by atoms with Crippen LogP contribution in [0.15, 0.2) is 48.5 Å². The number of carbonyl (C=O) groups excluding carboxylic acids is 2. The third kappa shape index (κ3) is 6.22. The predicted octanol–water partition coefficient (Wildman–Crippen LogP) is 4.96. The van der Waals surface area contributed by atoms with E-state index in [0.717, 1.165) is 18.2 Å². The Bertz CT molecular complexity index is 1770. The second-order valence-corrected chi connectivity index (χ2v) is 10.8. The summed E-state index contributed by atoms with van der Waals surface area (Å²) in [6.45, 7) is 0.870. The van der Waals surface area contributed by atoms with Crippen molar-refractivity contribution in [1.82, 2.24) is 25.8 Å². The molecule has 1 aliphatic rings. The van der Waals surface area contributed by atoms with Crippen molar-refractivity contribution >= 4 is 22.7 Å². The summed E-state index contributed by atoms with van der Waals surface area (Å²) in [6.07, 6.45) is -4.89. The molecule has 14 heteroatoms. The Kier molecular flexibility index (Phi) is 8.59. The number of nitrogens with zero attached hydrogens (tertiary/aromatic N) is 3. The summed E-state index contributed by atoms with van der Waals surface area (Å²) in [7, 11) is 1.37. The number of halogens is 5. The lowest BCUT2D eigenvalue weighted by Crippen LogP contribution is -2.44. The highest BCUT2D eigenvalue weighted by atomic mass is 19.4. The van der Waals surface area contributed by atoms with E-state index < -0.39 is 54.1 Å². The second kappa shape index (κ2) is 12.3. The van der Waals surface area contributed by atoms with Gasteiger partial charge in [-0.25, -0.2) is 13.8 Å². The molecule has 0 bridgehead atoms. The number of ether oxygens (including phenoxy) is 2. The van der Waals surface area contributed by atoms with Gasteiger partial charge in [0.15, 0.2) is 0 Å².